The van der Waals surface area contributed by atoms with Crippen molar-refractivity contribution in [2.45, 2.75) is 44.2 Å². The molecule has 0 radical (unpaired) electrons. The van der Waals surface area contributed by atoms with Gasteiger partial charge < -0.3 is 4.74 Å². The molecule has 0 N–H and O–H groups in total. The highest BCUT2D eigenvalue weighted by Gasteiger charge is 2.49. The zero-order chi connectivity index (χ0) is 12.5. The lowest BCUT2D eigenvalue weighted by Gasteiger charge is -2.51. The molecule has 94 valence electrons. The molecule has 0 amide bonds. The summed E-state index contributed by atoms with van der Waals surface area (Å²) in [5.74, 6) is 0. The number of benzene rings is 1. The van der Waals surface area contributed by atoms with Crippen molar-refractivity contribution in [3.05, 3.63) is 34.3 Å². The summed E-state index contributed by atoms with van der Waals surface area (Å²) in [5, 5.41) is 0. The van der Waals surface area contributed by atoms with Crippen LogP contribution in [0.3, 0.4) is 0 Å². The second kappa shape index (κ2) is 5.41. The monoisotopic (exact) mass is 360 g/mol. The minimum atomic E-state index is 0.301. The van der Waals surface area contributed by atoms with E-state index in [0.717, 1.165) is 17.3 Å². The number of halogens is 2. The molecule has 0 saturated heterocycles. The van der Waals surface area contributed by atoms with E-state index in [-0.39, 0.29) is 0 Å². The average Bonchev–Trinajstić information content (AvgIpc) is 2.35. The van der Waals surface area contributed by atoms with Gasteiger partial charge in [0.05, 0.1) is 12.7 Å². The fourth-order valence-corrected chi connectivity index (χ4v) is 3.48. The highest BCUT2D eigenvalue weighted by molar-refractivity contribution is 9.10. The average molecular weight is 362 g/mol. The molecule has 1 nitrogen and oxygen atoms in total. The maximum atomic E-state index is 6.04. The van der Waals surface area contributed by atoms with Crippen LogP contribution in [0, 0.1) is 5.41 Å². The summed E-state index contributed by atoms with van der Waals surface area (Å²) in [6, 6.07) is 8.34. The summed E-state index contributed by atoms with van der Waals surface area (Å²) >= 11 is 7.17. The number of rotatable bonds is 4. The topological polar surface area (TPSA) is 9.23 Å². The van der Waals surface area contributed by atoms with E-state index in [9.17, 15) is 0 Å². The normalized spacial score (nSPS) is 32.2. The van der Waals surface area contributed by atoms with E-state index < -0.39 is 0 Å². The van der Waals surface area contributed by atoms with Crippen LogP contribution in [-0.2, 0) is 11.3 Å². The largest absolute Gasteiger partial charge is 0.373 e. The minimum Gasteiger partial charge on any atom is -0.373 e. The van der Waals surface area contributed by atoms with Crippen molar-refractivity contribution in [1.82, 2.24) is 0 Å². The fraction of sp³-hybridized carbons (Fsp3) is 0.571. The molecule has 0 heterocycles. The summed E-state index contributed by atoms with van der Waals surface area (Å²) in [5.41, 5.74) is 1.54. The van der Waals surface area contributed by atoms with Gasteiger partial charge in [-0.05, 0) is 30.5 Å². The van der Waals surface area contributed by atoms with Crippen molar-refractivity contribution < 1.29 is 4.74 Å². The van der Waals surface area contributed by atoms with Crippen molar-refractivity contribution in [3.8, 4) is 0 Å². The third-order valence-corrected chi connectivity index (χ3v) is 5.95. The standard InChI is InChI=1S/C14H18Br2O/c1-3-14(2)12(16)8-13(14)17-9-10-4-6-11(15)7-5-10/h4-7,12-13H,3,8-9H2,1-2H3. The van der Waals surface area contributed by atoms with Gasteiger partial charge in [-0.1, -0.05) is 57.8 Å². The molecule has 0 spiro atoms. The SMILES string of the molecule is CCC1(C)C(Br)CC1OCc1ccc(Br)cc1. The molecule has 1 saturated carbocycles. The third kappa shape index (κ3) is 2.77. The van der Waals surface area contributed by atoms with Crippen LogP contribution in [0.4, 0.5) is 0 Å². The zero-order valence-corrected chi connectivity index (χ0v) is 13.4. The molecule has 3 atom stereocenters. The Morgan fingerprint density at radius 1 is 1.35 bits per heavy atom. The smallest absolute Gasteiger partial charge is 0.0720 e. The molecule has 1 aliphatic carbocycles. The van der Waals surface area contributed by atoms with Gasteiger partial charge in [0.1, 0.15) is 0 Å². The van der Waals surface area contributed by atoms with Crippen molar-refractivity contribution in [2.24, 2.45) is 5.41 Å². The van der Waals surface area contributed by atoms with Gasteiger partial charge in [0.15, 0.2) is 0 Å². The molecule has 0 aromatic heterocycles. The zero-order valence-electron chi connectivity index (χ0n) is 10.2. The Morgan fingerprint density at radius 3 is 2.53 bits per heavy atom. The van der Waals surface area contributed by atoms with Gasteiger partial charge in [0.2, 0.25) is 0 Å². The number of alkyl halides is 1. The van der Waals surface area contributed by atoms with Gasteiger partial charge >= 0.3 is 0 Å². The molecule has 3 heteroatoms. The maximum absolute atomic E-state index is 6.04. The van der Waals surface area contributed by atoms with Gasteiger partial charge in [-0.2, -0.15) is 0 Å². The molecule has 1 aromatic rings. The first-order chi connectivity index (χ1) is 8.06. The molecule has 1 fully saturated rings. The van der Waals surface area contributed by atoms with Crippen LogP contribution < -0.4 is 0 Å². The maximum Gasteiger partial charge on any atom is 0.0720 e. The second-order valence-electron chi connectivity index (χ2n) is 4.99. The Hall–Kier alpha value is 0.140. The molecule has 17 heavy (non-hydrogen) atoms. The van der Waals surface area contributed by atoms with Gasteiger partial charge in [-0.3, -0.25) is 0 Å². The van der Waals surface area contributed by atoms with E-state index in [4.69, 9.17) is 4.74 Å². The van der Waals surface area contributed by atoms with Crippen LogP contribution >= 0.6 is 31.9 Å². The molecule has 2 rings (SSSR count). The predicted molar refractivity (Wildman–Crippen MR) is 78.4 cm³/mol. The van der Waals surface area contributed by atoms with Crippen LogP contribution in [0.1, 0.15) is 32.3 Å². The van der Waals surface area contributed by atoms with E-state index in [1.54, 1.807) is 0 Å². The lowest BCUT2D eigenvalue weighted by molar-refractivity contribution is -0.104. The van der Waals surface area contributed by atoms with Gasteiger partial charge in [-0.15, -0.1) is 0 Å². The van der Waals surface area contributed by atoms with Crippen LogP contribution in [-0.4, -0.2) is 10.9 Å². The molecular formula is C14H18Br2O. The summed E-state index contributed by atoms with van der Waals surface area (Å²) in [6.07, 6.45) is 2.68. The molecule has 1 aromatic carbocycles. The minimum absolute atomic E-state index is 0.301. The molecular weight excluding hydrogens is 344 g/mol. The Bertz CT molecular complexity index is 376. The van der Waals surface area contributed by atoms with Crippen molar-refractivity contribution >= 4 is 31.9 Å². The third-order valence-electron chi connectivity index (χ3n) is 4.00. The lowest BCUT2D eigenvalue weighted by atomic mass is 9.66. The first-order valence-corrected chi connectivity index (χ1v) is 7.77. The van der Waals surface area contributed by atoms with E-state index >= 15 is 0 Å². The van der Waals surface area contributed by atoms with E-state index in [1.165, 1.54) is 5.56 Å². The fourth-order valence-electron chi connectivity index (χ4n) is 2.25. The van der Waals surface area contributed by atoms with E-state index in [0.29, 0.717) is 23.0 Å². The first kappa shape index (κ1) is 13.6. The van der Waals surface area contributed by atoms with Crippen molar-refractivity contribution in [2.75, 3.05) is 0 Å². The molecule has 0 aliphatic heterocycles. The van der Waals surface area contributed by atoms with Crippen LogP contribution in [0.2, 0.25) is 0 Å². The Labute approximate surface area is 120 Å². The van der Waals surface area contributed by atoms with Crippen LogP contribution in [0.25, 0.3) is 0 Å². The van der Waals surface area contributed by atoms with Gasteiger partial charge in [-0.25, -0.2) is 0 Å². The summed E-state index contributed by atoms with van der Waals surface area (Å²) in [7, 11) is 0. The van der Waals surface area contributed by atoms with Gasteiger partial charge in [0.25, 0.3) is 0 Å². The van der Waals surface area contributed by atoms with Crippen LogP contribution in [0.5, 0.6) is 0 Å². The number of hydrogen-bond acceptors (Lipinski definition) is 1. The van der Waals surface area contributed by atoms with Crippen LogP contribution in [0.15, 0.2) is 28.7 Å². The lowest BCUT2D eigenvalue weighted by Crippen LogP contribution is -2.53. The molecule has 3 unspecified atom stereocenters. The Balaban J connectivity index is 1.89. The molecule has 1 aliphatic rings. The van der Waals surface area contributed by atoms with Gasteiger partial charge in [0, 0.05) is 14.7 Å². The number of hydrogen-bond donors (Lipinski definition) is 0. The first-order valence-electron chi connectivity index (χ1n) is 6.06. The molecule has 0 bridgehead atoms. The highest BCUT2D eigenvalue weighted by Crippen LogP contribution is 2.50. The number of ether oxygens (including phenoxy) is 1. The summed E-state index contributed by atoms with van der Waals surface area (Å²) in [4.78, 5) is 0.606. The quantitative estimate of drug-likeness (QED) is 0.691. The summed E-state index contributed by atoms with van der Waals surface area (Å²) < 4.78 is 7.15. The highest BCUT2D eigenvalue weighted by atomic mass is 79.9. The predicted octanol–water partition coefficient (Wildman–Crippen LogP) is 4.92. The second-order valence-corrected chi connectivity index (χ2v) is 7.01. The van der Waals surface area contributed by atoms with E-state index in [1.807, 2.05) is 0 Å². The Kier molecular flexibility index (Phi) is 4.32. The van der Waals surface area contributed by atoms with Crippen molar-refractivity contribution in [3.63, 3.8) is 0 Å². The van der Waals surface area contributed by atoms with Crippen molar-refractivity contribution in [1.29, 1.82) is 0 Å². The summed E-state index contributed by atoms with van der Waals surface area (Å²) in [6.45, 7) is 5.26. The Morgan fingerprint density at radius 2 is 2.00 bits per heavy atom. The van der Waals surface area contributed by atoms with E-state index in [2.05, 4.69) is 70.0 Å².